The van der Waals surface area contributed by atoms with E-state index in [1.807, 2.05) is 91.3 Å². The Morgan fingerprint density at radius 3 is 1.32 bits per heavy atom. The van der Waals surface area contributed by atoms with E-state index >= 15 is 0 Å². The third-order valence-corrected chi connectivity index (χ3v) is 12.4. The Kier molecular flexibility index (Phi) is 15.0. The summed E-state index contributed by atoms with van der Waals surface area (Å²) in [6.07, 6.45) is 5.40. The van der Waals surface area contributed by atoms with Gasteiger partial charge in [-0.05, 0) is 114 Å². The van der Waals surface area contributed by atoms with Gasteiger partial charge in [-0.1, -0.05) is 64.5 Å². The van der Waals surface area contributed by atoms with Gasteiger partial charge >= 0.3 is 0 Å². The summed E-state index contributed by atoms with van der Waals surface area (Å²) in [6.45, 7) is 4.80. The van der Waals surface area contributed by atoms with Crippen molar-refractivity contribution in [2.45, 2.75) is 33.1 Å². The molecule has 3 heterocycles. The van der Waals surface area contributed by atoms with E-state index in [4.69, 9.17) is 23.9 Å². The summed E-state index contributed by atoms with van der Waals surface area (Å²) in [4.78, 5) is 18.4. The SMILES string of the molecule is COc1ccc(CN(Cc2ccc(OC)cc2)c2cc(Br)cc3c2ncn3C)cc1.COc1ccc(CN(Cc2ccc(OC)cc2)c2cc(Nc3cnc(C#N)cc3C)cc3c2ncn3C)cc1. The Labute approximate surface area is 411 Å². The molecule has 69 heavy (non-hydrogen) atoms. The zero-order valence-corrected chi connectivity index (χ0v) is 41.4. The molecule has 0 radical (unpaired) electrons. The van der Waals surface area contributed by atoms with Crippen molar-refractivity contribution in [2.75, 3.05) is 43.6 Å². The summed E-state index contributed by atoms with van der Waals surface area (Å²) in [5.74, 6) is 3.36. The van der Waals surface area contributed by atoms with Crippen LogP contribution in [-0.2, 0) is 40.3 Å². The first-order valence-electron chi connectivity index (χ1n) is 22.3. The molecule has 0 amide bonds. The number of rotatable bonds is 16. The van der Waals surface area contributed by atoms with Crippen LogP contribution in [0.5, 0.6) is 23.0 Å². The second kappa shape index (κ2) is 21.7. The summed E-state index contributed by atoms with van der Waals surface area (Å²) in [5, 5.41) is 12.7. The fourth-order valence-electron chi connectivity index (χ4n) is 8.11. The summed E-state index contributed by atoms with van der Waals surface area (Å²) in [7, 11) is 10.7. The van der Waals surface area contributed by atoms with Crippen LogP contribution in [0.1, 0.15) is 33.5 Å². The number of pyridine rings is 1. The number of nitriles is 1. The number of anilines is 4. The maximum Gasteiger partial charge on any atom is 0.140 e. The number of nitrogens with one attached hydrogen (secondary N) is 1. The molecule has 0 saturated heterocycles. The number of ether oxygens (including phenoxy) is 4. The molecule has 9 rings (SSSR count). The minimum atomic E-state index is 0.394. The lowest BCUT2D eigenvalue weighted by Gasteiger charge is -2.27. The number of aromatic nitrogens is 5. The Bertz CT molecular complexity index is 3100. The second-order valence-electron chi connectivity index (χ2n) is 16.6. The molecule has 14 heteroatoms. The number of methoxy groups -OCH3 is 4. The lowest BCUT2D eigenvalue weighted by atomic mass is 10.1. The van der Waals surface area contributed by atoms with Crippen molar-refractivity contribution < 1.29 is 18.9 Å². The van der Waals surface area contributed by atoms with E-state index in [1.54, 1.807) is 40.7 Å². The first-order valence-corrected chi connectivity index (χ1v) is 23.0. The van der Waals surface area contributed by atoms with Gasteiger partial charge in [0.25, 0.3) is 0 Å². The number of imidazole rings is 2. The lowest BCUT2D eigenvalue weighted by Crippen LogP contribution is -2.22. The molecule has 0 atom stereocenters. The van der Waals surface area contributed by atoms with Gasteiger partial charge in [0.1, 0.15) is 45.8 Å². The molecule has 6 aromatic carbocycles. The molecule has 0 bridgehead atoms. The number of halogens is 1. The molecule has 3 aromatic heterocycles. The van der Waals surface area contributed by atoms with Gasteiger partial charge < -0.3 is 43.2 Å². The van der Waals surface area contributed by atoms with E-state index in [-0.39, 0.29) is 0 Å². The van der Waals surface area contributed by atoms with Crippen LogP contribution in [-0.4, -0.2) is 52.5 Å². The van der Waals surface area contributed by atoms with Crippen molar-refractivity contribution >= 4 is 60.7 Å². The van der Waals surface area contributed by atoms with Crippen molar-refractivity contribution in [3.63, 3.8) is 0 Å². The van der Waals surface area contributed by atoms with E-state index in [9.17, 15) is 5.26 Å². The molecular formula is C55H54BrN9O4. The van der Waals surface area contributed by atoms with Crippen LogP contribution in [0.25, 0.3) is 22.1 Å². The van der Waals surface area contributed by atoms with E-state index in [0.29, 0.717) is 18.8 Å². The minimum absolute atomic E-state index is 0.394. The maximum atomic E-state index is 9.20. The average molecular weight is 985 g/mol. The van der Waals surface area contributed by atoms with Crippen LogP contribution < -0.4 is 34.1 Å². The second-order valence-corrected chi connectivity index (χ2v) is 17.5. The number of fused-ring (bicyclic) bond motifs is 2. The molecular weight excluding hydrogens is 931 g/mol. The molecule has 350 valence electrons. The van der Waals surface area contributed by atoms with Gasteiger partial charge in [-0.2, -0.15) is 5.26 Å². The molecule has 0 aliphatic carbocycles. The highest BCUT2D eigenvalue weighted by Gasteiger charge is 2.19. The molecule has 0 spiro atoms. The van der Waals surface area contributed by atoms with Crippen molar-refractivity contribution in [3.8, 4) is 29.1 Å². The smallest absolute Gasteiger partial charge is 0.140 e. The van der Waals surface area contributed by atoms with E-state index < -0.39 is 0 Å². The molecule has 9 aromatic rings. The molecule has 0 fully saturated rings. The third-order valence-electron chi connectivity index (χ3n) is 11.9. The number of aryl methyl sites for hydroxylation is 3. The van der Waals surface area contributed by atoms with E-state index in [2.05, 4.69) is 120 Å². The predicted molar refractivity (Wildman–Crippen MR) is 278 cm³/mol. The highest BCUT2D eigenvalue weighted by atomic mass is 79.9. The van der Waals surface area contributed by atoms with Crippen molar-refractivity contribution in [2.24, 2.45) is 14.1 Å². The van der Waals surface area contributed by atoms with Crippen LogP contribution in [0.2, 0.25) is 0 Å². The van der Waals surface area contributed by atoms with Crippen molar-refractivity contribution in [1.82, 2.24) is 24.1 Å². The molecule has 0 saturated carbocycles. The molecule has 0 aliphatic rings. The van der Waals surface area contributed by atoms with Gasteiger partial charge in [-0.15, -0.1) is 0 Å². The predicted octanol–water partition coefficient (Wildman–Crippen LogP) is 11.7. The molecule has 0 unspecified atom stereocenters. The van der Waals surface area contributed by atoms with Gasteiger partial charge in [-0.25, -0.2) is 15.0 Å². The highest BCUT2D eigenvalue weighted by Crippen LogP contribution is 2.35. The van der Waals surface area contributed by atoms with Crippen LogP contribution in [0.3, 0.4) is 0 Å². The summed E-state index contributed by atoms with van der Waals surface area (Å²) >= 11 is 3.68. The van der Waals surface area contributed by atoms with Crippen LogP contribution in [0.4, 0.5) is 22.7 Å². The standard InChI is InChI=1S/C31H30N6O2.C24H24BrN3O2/c1-21-13-25(16-32)33-17-28(21)35-24-14-29-31(34-20-36(29)2)30(15-24)37(18-22-5-9-26(38-3)10-6-22)19-23-7-11-27(39-4)12-8-23;1-27-16-26-24-22(27)12-19(25)13-23(24)28(14-17-4-8-20(29-2)9-5-17)15-18-6-10-21(30-3)11-7-18/h5-15,17,20,35H,18-19H2,1-4H3;4-13,16H,14-15H2,1-3H3. The Morgan fingerprint density at radius 1 is 0.551 bits per heavy atom. The average Bonchev–Trinajstić information content (AvgIpc) is 3.95. The number of hydrogen-bond donors (Lipinski definition) is 1. The summed E-state index contributed by atoms with van der Waals surface area (Å²) in [6, 6.07) is 45.0. The zero-order valence-electron chi connectivity index (χ0n) is 39.8. The number of benzene rings is 6. The maximum absolute atomic E-state index is 9.20. The zero-order chi connectivity index (χ0) is 48.4. The molecule has 0 aliphatic heterocycles. The fourth-order valence-corrected chi connectivity index (χ4v) is 8.54. The van der Waals surface area contributed by atoms with Crippen molar-refractivity contribution in [3.05, 3.63) is 184 Å². The van der Waals surface area contributed by atoms with Gasteiger partial charge in [0, 0.05) is 50.4 Å². The number of nitrogens with zero attached hydrogens (tertiary/aromatic N) is 8. The Morgan fingerprint density at radius 2 is 0.942 bits per heavy atom. The topological polar surface area (TPSA) is 128 Å². The Balaban J connectivity index is 0.000000192. The minimum Gasteiger partial charge on any atom is -0.497 e. The van der Waals surface area contributed by atoms with Crippen molar-refractivity contribution in [1.29, 1.82) is 5.26 Å². The summed E-state index contributed by atoms with van der Waals surface area (Å²) in [5.41, 5.74) is 13.9. The van der Waals surface area contributed by atoms with Gasteiger partial charge in [0.15, 0.2) is 0 Å². The van der Waals surface area contributed by atoms with E-state index in [1.165, 1.54) is 11.1 Å². The van der Waals surface area contributed by atoms with Crippen LogP contribution in [0, 0.1) is 18.3 Å². The first kappa shape index (κ1) is 47.5. The van der Waals surface area contributed by atoms with Gasteiger partial charge in [0.2, 0.25) is 0 Å². The largest absolute Gasteiger partial charge is 0.497 e. The lowest BCUT2D eigenvalue weighted by molar-refractivity contribution is 0.414. The van der Waals surface area contributed by atoms with Crippen LogP contribution >= 0.6 is 15.9 Å². The Hall–Kier alpha value is -8.02. The fraction of sp³-hybridized carbons (Fsp3) is 0.200. The number of hydrogen-bond acceptors (Lipinski definition) is 11. The highest BCUT2D eigenvalue weighted by molar-refractivity contribution is 9.10. The molecule has 13 nitrogen and oxygen atoms in total. The van der Waals surface area contributed by atoms with E-state index in [0.717, 1.165) is 102 Å². The quantitative estimate of drug-likeness (QED) is 0.0994. The first-order chi connectivity index (χ1) is 33.5. The van der Waals surface area contributed by atoms with Crippen LogP contribution in [0.15, 0.2) is 151 Å². The van der Waals surface area contributed by atoms with Gasteiger partial charge in [0.05, 0.1) is 75.4 Å². The third kappa shape index (κ3) is 11.4. The normalized spacial score (nSPS) is 10.8. The summed E-state index contributed by atoms with van der Waals surface area (Å²) < 4.78 is 26.4. The van der Waals surface area contributed by atoms with Gasteiger partial charge in [-0.3, -0.25) is 0 Å². The monoisotopic (exact) mass is 983 g/mol. The molecule has 1 N–H and O–H groups in total.